The molecule has 0 unspecified atom stereocenters. The van der Waals surface area contributed by atoms with E-state index in [0.29, 0.717) is 17.2 Å². The van der Waals surface area contributed by atoms with E-state index in [-0.39, 0.29) is 6.04 Å². The SMILES string of the molecule is COc1cc(C=Nn2c(-c3ccc(C)cc3)csc2=NC(C)C)cc(OC)c1OC. The van der Waals surface area contributed by atoms with Crippen molar-refractivity contribution in [2.45, 2.75) is 26.8 Å². The molecule has 0 spiro atoms. The Morgan fingerprint density at radius 3 is 2.13 bits per heavy atom. The maximum Gasteiger partial charge on any atom is 0.206 e. The van der Waals surface area contributed by atoms with Gasteiger partial charge in [-0.1, -0.05) is 29.8 Å². The lowest BCUT2D eigenvalue weighted by Crippen LogP contribution is -2.14. The predicted molar refractivity (Wildman–Crippen MR) is 122 cm³/mol. The van der Waals surface area contributed by atoms with Gasteiger partial charge in [-0.25, -0.2) is 4.68 Å². The summed E-state index contributed by atoms with van der Waals surface area (Å²) in [4.78, 5) is 5.57. The Labute approximate surface area is 181 Å². The zero-order valence-electron chi connectivity index (χ0n) is 18.2. The lowest BCUT2D eigenvalue weighted by molar-refractivity contribution is 0.324. The number of hydrogen-bond donors (Lipinski definition) is 0. The minimum absolute atomic E-state index is 0.164. The first kappa shape index (κ1) is 21.6. The molecule has 0 aliphatic rings. The second-order valence-electron chi connectivity index (χ2n) is 7.01. The molecule has 7 heteroatoms. The molecule has 0 aliphatic heterocycles. The summed E-state index contributed by atoms with van der Waals surface area (Å²) < 4.78 is 18.2. The smallest absolute Gasteiger partial charge is 0.206 e. The highest BCUT2D eigenvalue weighted by atomic mass is 32.1. The summed E-state index contributed by atoms with van der Waals surface area (Å²) in [6.07, 6.45) is 1.77. The number of aryl methyl sites for hydroxylation is 1. The van der Waals surface area contributed by atoms with Gasteiger partial charge >= 0.3 is 0 Å². The maximum absolute atomic E-state index is 5.45. The topological polar surface area (TPSA) is 57.3 Å². The molecule has 6 nitrogen and oxygen atoms in total. The summed E-state index contributed by atoms with van der Waals surface area (Å²) in [6, 6.07) is 12.3. The first-order chi connectivity index (χ1) is 14.5. The Bertz CT molecular complexity index is 1070. The molecule has 0 atom stereocenters. The molecule has 0 saturated carbocycles. The van der Waals surface area contributed by atoms with E-state index in [9.17, 15) is 0 Å². The molecule has 2 aromatic carbocycles. The Kier molecular flexibility index (Phi) is 6.95. The minimum atomic E-state index is 0.164. The fraction of sp³-hybridized carbons (Fsp3) is 0.304. The molecule has 0 bridgehead atoms. The quantitative estimate of drug-likeness (QED) is 0.514. The fourth-order valence-corrected chi connectivity index (χ4v) is 3.91. The van der Waals surface area contributed by atoms with Crippen molar-refractivity contribution in [3.05, 3.63) is 57.7 Å². The van der Waals surface area contributed by atoms with Crippen LogP contribution in [0, 0.1) is 6.92 Å². The second-order valence-corrected chi connectivity index (χ2v) is 7.84. The molecule has 158 valence electrons. The van der Waals surface area contributed by atoms with Crippen molar-refractivity contribution in [3.8, 4) is 28.5 Å². The summed E-state index contributed by atoms with van der Waals surface area (Å²) >= 11 is 1.57. The van der Waals surface area contributed by atoms with Crippen molar-refractivity contribution in [1.82, 2.24) is 4.68 Å². The second kappa shape index (κ2) is 9.63. The van der Waals surface area contributed by atoms with Gasteiger partial charge in [-0.2, -0.15) is 5.10 Å². The van der Waals surface area contributed by atoms with Crippen LogP contribution in [0.4, 0.5) is 0 Å². The molecule has 3 rings (SSSR count). The van der Waals surface area contributed by atoms with Crippen LogP contribution in [-0.2, 0) is 0 Å². The molecule has 1 heterocycles. The van der Waals surface area contributed by atoms with Gasteiger partial charge in [-0.15, -0.1) is 11.3 Å². The van der Waals surface area contributed by atoms with E-state index in [2.05, 4.69) is 50.4 Å². The zero-order chi connectivity index (χ0) is 21.7. The normalized spacial score (nSPS) is 12.0. The highest BCUT2D eigenvalue weighted by Crippen LogP contribution is 2.37. The Morgan fingerprint density at radius 1 is 0.967 bits per heavy atom. The van der Waals surface area contributed by atoms with E-state index < -0.39 is 0 Å². The van der Waals surface area contributed by atoms with Crippen molar-refractivity contribution in [2.24, 2.45) is 10.1 Å². The minimum Gasteiger partial charge on any atom is -0.493 e. The first-order valence-corrected chi connectivity index (χ1v) is 10.5. The van der Waals surface area contributed by atoms with Crippen LogP contribution in [0.1, 0.15) is 25.0 Å². The zero-order valence-corrected chi connectivity index (χ0v) is 19.0. The fourth-order valence-electron chi connectivity index (χ4n) is 2.94. The average Bonchev–Trinajstić information content (AvgIpc) is 3.13. The van der Waals surface area contributed by atoms with Crippen molar-refractivity contribution in [1.29, 1.82) is 0 Å². The number of rotatable bonds is 7. The summed E-state index contributed by atoms with van der Waals surface area (Å²) in [5.74, 6) is 1.72. The van der Waals surface area contributed by atoms with Crippen LogP contribution >= 0.6 is 11.3 Å². The van der Waals surface area contributed by atoms with Crippen molar-refractivity contribution in [2.75, 3.05) is 21.3 Å². The van der Waals surface area contributed by atoms with Gasteiger partial charge in [0.05, 0.1) is 33.2 Å². The van der Waals surface area contributed by atoms with Crippen LogP contribution in [-0.4, -0.2) is 38.3 Å². The maximum atomic E-state index is 5.45. The molecule has 3 aromatic rings. The molecule has 0 aliphatic carbocycles. The molecular weight excluding hydrogens is 398 g/mol. The van der Waals surface area contributed by atoms with Gasteiger partial charge in [0, 0.05) is 22.5 Å². The number of thiazole rings is 1. The average molecular weight is 426 g/mol. The predicted octanol–water partition coefficient (Wildman–Crippen LogP) is 4.74. The third kappa shape index (κ3) is 4.74. The van der Waals surface area contributed by atoms with Crippen LogP contribution in [0.3, 0.4) is 0 Å². The number of hydrogen-bond acceptors (Lipinski definition) is 6. The number of methoxy groups -OCH3 is 3. The molecular formula is C23H27N3O3S. The van der Waals surface area contributed by atoms with Gasteiger partial charge in [0.2, 0.25) is 10.6 Å². The summed E-state index contributed by atoms with van der Waals surface area (Å²) in [5.41, 5.74) is 4.12. The summed E-state index contributed by atoms with van der Waals surface area (Å²) in [5, 5.41) is 6.83. The highest BCUT2D eigenvalue weighted by molar-refractivity contribution is 7.07. The van der Waals surface area contributed by atoms with Gasteiger partial charge in [0.25, 0.3) is 0 Å². The molecule has 0 saturated heterocycles. The first-order valence-electron chi connectivity index (χ1n) is 9.62. The van der Waals surface area contributed by atoms with Gasteiger partial charge in [-0.05, 0) is 32.9 Å². The van der Waals surface area contributed by atoms with Gasteiger partial charge in [-0.3, -0.25) is 4.99 Å². The van der Waals surface area contributed by atoms with E-state index >= 15 is 0 Å². The van der Waals surface area contributed by atoms with Gasteiger partial charge in [0.1, 0.15) is 0 Å². The van der Waals surface area contributed by atoms with Crippen LogP contribution in [0.15, 0.2) is 51.9 Å². The third-order valence-corrected chi connectivity index (χ3v) is 5.24. The van der Waals surface area contributed by atoms with E-state index in [1.54, 1.807) is 38.9 Å². The van der Waals surface area contributed by atoms with Crippen LogP contribution in [0.5, 0.6) is 17.2 Å². The summed E-state index contributed by atoms with van der Waals surface area (Å²) in [6.45, 7) is 6.19. The number of nitrogens with zero attached hydrogens (tertiary/aromatic N) is 3. The lowest BCUT2D eigenvalue weighted by Gasteiger charge is -2.12. The molecule has 0 amide bonds. The number of aromatic nitrogens is 1. The van der Waals surface area contributed by atoms with Gasteiger partial charge < -0.3 is 14.2 Å². The van der Waals surface area contributed by atoms with E-state index in [0.717, 1.165) is 21.6 Å². The van der Waals surface area contributed by atoms with Crippen molar-refractivity contribution in [3.63, 3.8) is 0 Å². The monoisotopic (exact) mass is 425 g/mol. The number of ether oxygens (including phenoxy) is 3. The number of benzene rings is 2. The van der Waals surface area contributed by atoms with E-state index in [4.69, 9.17) is 24.3 Å². The lowest BCUT2D eigenvalue weighted by atomic mass is 10.1. The molecule has 30 heavy (non-hydrogen) atoms. The highest BCUT2D eigenvalue weighted by Gasteiger charge is 2.13. The van der Waals surface area contributed by atoms with Crippen molar-refractivity contribution >= 4 is 17.6 Å². The Morgan fingerprint density at radius 2 is 1.60 bits per heavy atom. The van der Waals surface area contributed by atoms with Crippen LogP contribution in [0.2, 0.25) is 0 Å². The largest absolute Gasteiger partial charge is 0.493 e. The molecule has 0 fully saturated rings. The van der Waals surface area contributed by atoms with E-state index in [1.807, 2.05) is 16.8 Å². The summed E-state index contributed by atoms with van der Waals surface area (Å²) in [7, 11) is 4.78. The Hall–Kier alpha value is -3.06. The van der Waals surface area contributed by atoms with Crippen LogP contribution < -0.4 is 19.0 Å². The van der Waals surface area contributed by atoms with Gasteiger partial charge in [0.15, 0.2) is 11.5 Å². The molecule has 0 N–H and O–H groups in total. The third-order valence-electron chi connectivity index (χ3n) is 4.41. The Balaban J connectivity index is 2.10. The van der Waals surface area contributed by atoms with Crippen molar-refractivity contribution < 1.29 is 14.2 Å². The molecule has 1 aromatic heterocycles. The van der Waals surface area contributed by atoms with E-state index in [1.165, 1.54) is 5.56 Å². The molecule has 0 radical (unpaired) electrons. The van der Waals surface area contributed by atoms with Crippen LogP contribution in [0.25, 0.3) is 11.3 Å². The standard InChI is InChI=1S/C23H27N3O3S/c1-15(2)25-23-26(19(14-30-23)18-9-7-16(3)8-10-18)24-13-17-11-20(27-4)22(29-6)21(12-17)28-5/h7-15H,1-6H3.